The van der Waals surface area contributed by atoms with Crippen LogP contribution in [0.25, 0.3) is 0 Å². The lowest BCUT2D eigenvalue weighted by atomic mass is 10.1. The van der Waals surface area contributed by atoms with Crippen molar-refractivity contribution in [3.05, 3.63) is 0 Å². The minimum Gasteiger partial charge on any atom is -0.379 e. The topological polar surface area (TPSA) is 41.6 Å². The standard InChI is InChI=1S/C12H20Br2N2O2/c1-11(9-12(11,13)14)10(17)15-3-2-4-16-5-7-18-8-6-16/h2-9H2,1H3,(H,15,17)/t11-/m0/s1. The van der Waals surface area contributed by atoms with Crippen LogP contribution in [0.5, 0.6) is 0 Å². The van der Waals surface area contributed by atoms with Crippen molar-refractivity contribution < 1.29 is 9.53 Å². The molecule has 1 saturated heterocycles. The van der Waals surface area contributed by atoms with Gasteiger partial charge >= 0.3 is 0 Å². The largest absolute Gasteiger partial charge is 0.379 e. The number of alkyl halides is 2. The predicted molar refractivity (Wildman–Crippen MR) is 78.2 cm³/mol. The van der Waals surface area contributed by atoms with Gasteiger partial charge in [-0.1, -0.05) is 31.9 Å². The molecule has 0 unspecified atom stereocenters. The number of rotatable bonds is 5. The molecule has 0 radical (unpaired) electrons. The van der Waals surface area contributed by atoms with Crippen LogP contribution >= 0.6 is 31.9 Å². The highest BCUT2D eigenvalue weighted by Crippen LogP contribution is 2.66. The summed E-state index contributed by atoms with van der Waals surface area (Å²) in [6.07, 6.45) is 1.84. The molecule has 1 aliphatic carbocycles. The minimum absolute atomic E-state index is 0.137. The number of nitrogens with one attached hydrogen (secondary N) is 1. The lowest BCUT2D eigenvalue weighted by molar-refractivity contribution is -0.125. The van der Waals surface area contributed by atoms with Gasteiger partial charge in [0.05, 0.1) is 21.9 Å². The number of hydrogen-bond acceptors (Lipinski definition) is 3. The van der Waals surface area contributed by atoms with Crippen molar-refractivity contribution in [1.29, 1.82) is 0 Å². The fourth-order valence-corrected chi connectivity index (χ4v) is 3.65. The number of amides is 1. The summed E-state index contributed by atoms with van der Waals surface area (Å²) in [5, 5.41) is 3.02. The summed E-state index contributed by atoms with van der Waals surface area (Å²) in [5.41, 5.74) is -0.300. The lowest BCUT2D eigenvalue weighted by Crippen LogP contribution is -2.39. The highest BCUT2D eigenvalue weighted by atomic mass is 79.9. The number of ether oxygens (including phenoxy) is 1. The van der Waals surface area contributed by atoms with Crippen LogP contribution < -0.4 is 5.32 Å². The smallest absolute Gasteiger partial charge is 0.228 e. The Labute approximate surface area is 125 Å². The van der Waals surface area contributed by atoms with Gasteiger partial charge in [-0.05, 0) is 26.3 Å². The molecule has 6 heteroatoms. The van der Waals surface area contributed by atoms with Crippen LogP contribution in [0.2, 0.25) is 0 Å². The van der Waals surface area contributed by atoms with Crippen molar-refractivity contribution in [3.8, 4) is 0 Å². The molecule has 2 aliphatic rings. The molecule has 2 rings (SSSR count). The third kappa shape index (κ3) is 3.26. The highest BCUT2D eigenvalue weighted by Gasteiger charge is 2.66. The van der Waals surface area contributed by atoms with Crippen LogP contribution in [0.3, 0.4) is 0 Å². The molecule has 1 amide bonds. The van der Waals surface area contributed by atoms with E-state index >= 15 is 0 Å². The van der Waals surface area contributed by atoms with Gasteiger partial charge < -0.3 is 10.1 Å². The molecule has 1 heterocycles. The second-order valence-corrected chi connectivity index (χ2v) is 9.05. The Morgan fingerprint density at radius 3 is 2.56 bits per heavy atom. The number of carbonyl (C=O) groups is 1. The molecule has 2 fully saturated rings. The molecular formula is C12H20Br2N2O2. The summed E-state index contributed by atoms with van der Waals surface area (Å²) in [6, 6.07) is 0. The van der Waals surface area contributed by atoms with E-state index in [0.717, 1.165) is 52.2 Å². The first-order valence-corrected chi connectivity index (χ1v) is 8.00. The Bertz CT molecular complexity index is 319. The van der Waals surface area contributed by atoms with Gasteiger partial charge in [-0.3, -0.25) is 9.69 Å². The van der Waals surface area contributed by atoms with Crippen molar-refractivity contribution in [2.75, 3.05) is 39.4 Å². The van der Waals surface area contributed by atoms with Crippen molar-refractivity contribution in [1.82, 2.24) is 10.2 Å². The highest BCUT2D eigenvalue weighted by molar-refractivity contribution is 9.25. The van der Waals surface area contributed by atoms with E-state index in [1.54, 1.807) is 0 Å². The van der Waals surface area contributed by atoms with E-state index in [-0.39, 0.29) is 14.6 Å². The van der Waals surface area contributed by atoms with Crippen LogP contribution in [0.15, 0.2) is 0 Å². The molecule has 18 heavy (non-hydrogen) atoms. The maximum atomic E-state index is 12.0. The summed E-state index contributed by atoms with van der Waals surface area (Å²) >= 11 is 7.03. The Hall–Kier alpha value is 0.350. The molecule has 0 aromatic rings. The lowest BCUT2D eigenvalue weighted by Gasteiger charge is -2.26. The molecule has 0 aromatic carbocycles. The summed E-state index contributed by atoms with van der Waals surface area (Å²) in [5.74, 6) is 0.137. The first kappa shape index (κ1) is 14.8. The SMILES string of the molecule is C[C@@]1(C(=O)NCCCN2CCOCC2)CC1(Br)Br. The zero-order valence-corrected chi connectivity index (χ0v) is 13.8. The first-order valence-electron chi connectivity index (χ1n) is 6.42. The molecular weight excluding hydrogens is 364 g/mol. The van der Waals surface area contributed by atoms with E-state index in [0.29, 0.717) is 0 Å². The average molecular weight is 384 g/mol. The number of halogens is 2. The van der Waals surface area contributed by atoms with Gasteiger partial charge in [-0.25, -0.2) is 0 Å². The Morgan fingerprint density at radius 2 is 2.00 bits per heavy atom. The molecule has 1 aliphatic heterocycles. The second kappa shape index (κ2) is 5.77. The molecule has 1 atom stereocenters. The van der Waals surface area contributed by atoms with Crippen LogP contribution in [-0.2, 0) is 9.53 Å². The Balaban J connectivity index is 1.60. The first-order chi connectivity index (χ1) is 8.46. The minimum atomic E-state index is -0.300. The fourth-order valence-electron chi connectivity index (χ4n) is 2.17. The van der Waals surface area contributed by atoms with E-state index < -0.39 is 0 Å². The molecule has 0 spiro atoms. The van der Waals surface area contributed by atoms with Crippen LogP contribution in [0.1, 0.15) is 19.8 Å². The zero-order chi connectivity index (χ0) is 13.2. The summed E-state index contributed by atoms with van der Waals surface area (Å²) in [4.78, 5) is 14.4. The van der Waals surface area contributed by atoms with E-state index in [4.69, 9.17) is 4.74 Å². The fraction of sp³-hybridized carbons (Fsp3) is 0.917. The van der Waals surface area contributed by atoms with Gasteiger partial charge in [0, 0.05) is 19.6 Å². The summed E-state index contributed by atoms with van der Waals surface area (Å²) in [6.45, 7) is 7.46. The molecule has 0 bridgehead atoms. The van der Waals surface area contributed by atoms with Crippen LogP contribution in [0.4, 0.5) is 0 Å². The third-order valence-electron chi connectivity index (χ3n) is 3.80. The molecule has 0 aromatic heterocycles. The predicted octanol–water partition coefficient (Wildman–Crippen LogP) is 1.72. The Kier molecular flexibility index (Phi) is 4.73. The van der Waals surface area contributed by atoms with Gasteiger partial charge in [0.15, 0.2) is 0 Å². The van der Waals surface area contributed by atoms with Gasteiger partial charge in [-0.15, -0.1) is 0 Å². The quantitative estimate of drug-likeness (QED) is 0.580. The molecule has 1 saturated carbocycles. The van der Waals surface area contributed by atoms with Crippen molar-refractivity contribution >= 4 is 37.8 Å². The summed E-state index contributed by atoms with van der Waals surface area (Å²) in [7, 11) is 0. The average Bonchev–Trinajstić information content (AvgIpc) is 2.87. The van der Waals surface area contributed by atoms with E-state index in [1.807, 2.05) is 6.92 Å². The monoisotopic (exact) mass is 382 g/mol. The van der Waals surface area contributed by atoms with Gasteiger partial charge in [0.25, 0.3) is 0 Å². The normalized spacial score (nSPS) is 31.1. The van der Waals surface area contributed by atoms with E-state index in [9.17, 15) is 4.79 Å². The van der Waals surface area contributed by atoms with Crippen molar-refractivity contribution in [2.45, 2.75) is 23.0 Å². The number of nitrogens with zero attached hydrogens (tertiary/aromatic N) is 1. The molecule has 104 valence electrons. The van der Waals surface area contributed by atoms with Crippen molar-refractivity contribution in [2.24, 2.45) is 5.41 Å². The van der Waals surface area contributed by atoms with Gasteiger partial charge in [-0.2, -0.15) is 0 Å². The van der Waals surface area contributed by atoms with E-state index in [1.165, 1.54) is 0 Å². The zero-order valence-electron chi connectivity index (χ0n) is 10.7. The number of hydrogen-bond donors (Lipinski definition) is 1. The molecule has 1 N–H and O–H groups in total. The number of morpholine rings is 1. The second-order valence-electron chi connectivity index (χ2n) is 5.28. The van der Waals surface area contributed by atoms with Crippen LogP contribution in [-0.4, -0.2) is 53.4 Å². The van der Waals surface area contributed by atoms with Crippen molar-refractivity contribution in [3.63, 3.8) is 0 Å². The maximum absolute atomic E-state index is 12.0. The van der Waals surface area contributed by atoms with E-state index in [2.05, 4.69) is 42.1 Å². The van der Waals surface area contributed by atoms with Gasteiger partial charge in [0.1, 0.15) is 0 Å². The van der Waals surface area contributed by atoms with Crippen LogP contribution in [0, 0.1) is 5.41 Å². The Morgan fingerprint density at radius 1 is 1.39 bits per heavy atom. The maximum Gasteiger partial charge on any atom is 0.228 e. The summed E-state index contributed by atoms with van der Waals surface area (Å²) < 4.78 is 5.11. The molecule has 4 nitrogen and oxygen atoms in total. The number of carbonyl (C=O) groups excluding carboxylic acids is 1. The third-order valence-corrected chi connectivity index (χ3v) is 6.11. The van der Waals surface area contributed by atoms with Gasteiger partial charge in [0.2, 0.25) is 5.91 Å².